The van der Waals surface area contributed by atoms with E-state index in [9.17, 15) is 9.18 Å². The van der Waals surface area contributed by atoms with Crippen LogP contribution in [0.4, 0.5) is 15.8 Å². The van der Waals surface area contributed by atoms with Crippen molar-refractivity contribution in [3.63, 3.8) is 0 Å². The summed E-state index contributed by atoms with van der Waals surface area (Å²) in [6.07, 6.45) is 2.28. The van der Waals surface area contributed by atoms with Gasteiger partial charge in [-0.25, -0.2) is 4.39 Å². The molecule has 3 aromatic rings. The van der Waals surface area contributed by atoms with Crippen LogP contribution in [0.2, 0.25) is 0 Å². The van der Waals surface area contributed by atoms with Gasteiger partial charge in [-0.15, -0.1) is 0 Å². The number of fused-ring (bicyclic) bond motifs is 3. The molecule has 0 spiro atoms. The Hall–Kier alpha value is -3.28. The number of anilines is 2. The lowest BCUT2D eigenvalue weighted by atomic mass is 9.83. The third-order valence-corrected chi connectivity index (χ3v) is 6.17. The van der Waals surface area contributed by atoms with E-state index in [4.69, 9.17) is 4.42 Å². The van der Waals surface area contributed by atoms with E-state index in [1.165, 1.54) is 17.3 Å². The van der Waals surface area contributed by atoms with Gasteiger partial charge in [0.2, 0.25) is 5.91 Å². The third-order valence-electron chi connectivity index (χ3n) is 6.17. The summed E-state index contributed by atoms with van der Waals surface area (Å²) in [7, 11) is 0. The minimum Gasteiger partial charge on any atom is -0.467 e. The summed E-state index contributed by atoms with van der Waals surface area (Å²) in [6.45, 7) is 2.44. The molecular formula is C24H24FN3O2. The van der Waals surface area contributed by atoms with Crippen molar-refractivity contribution in [2.24, 2.45) is 5.92 Å². The number of nitrogens with zero attached hydrogens (tertiary/aromatic N) is 2. The molecule has 2 aromatic carbocycles. The van der Waals surface area contributed by atoms with E-state index in [1.54, 1.807) is 12.3 Å². The normalized spacial score (nSPS) is 20.4. The smallest absolute Gasteiger partial charge is 0.225 e. The van der Waals surface area contributed by atoms with Crippen LogP contribution < -0.4 is 15.1 Å². The Morgan fingerprint density at radius 3 is 2.63 bits per heavy atom. The Kier molecular flexibility index (Phi) is 4.91. The Balaban J connectivity index is 1.42. The molecule has 1 fully saturated rings. The van der Waals surface area contributed by atoms with Crippen LogP contribution in [0.1, 0.15) is 11.3 Å². The van der Waals surface area contributed by atoms with Gasteiger partial charge in [0.25, 0.3) is 0 Å². The summed E-state index contributed by atoms with van der Waals surface area (Å²) in [5.74, 6) is 0.296. The highest BCUT2D eigenvalue weighted by Crippen LogP contribution is 2.37. The van der Waals surface area contributed by atoms with Gasteiger partial charge >= 0.3 is 0 Å². The maximum Gasteiger partial charge on any atom is 0.225 e. The number of carbonyl (C=O) groups is 1. The van der Waals surface area contributed by atoms with Gasteiger partial charge in [0, 0.05) is 25.3 Å². The van der Waals surface area contributed by atoms with Crippen LogP contribution in [-0.2, 0) is 17.8 Å². The highest BCUT2D eigenvalue weighted by Gasteiger charge is 2.41. The predicted octanol–water partition coefficient (Wildman–Crippen LogP) is 3.60. The van der Waals surface area contributed by atoms with Crippen LogP contribution in [0.3, 0.4) is 0 Å². The number of amides is 1. The lowest BCUT2D eigenvalue weighted by Crippen LogP contribution is -2.61. The lowest BCUT2D eigenvalue weighted by Gasteiger charge is -2.49. The van der Waals surface area contributed by atoms with E-state index in [-0.39, 0.29) is 23.7 Å². The first kappa shape index (κ1) is 18.7. The van der Waals surface area contributed by atoms with Crippen molar-refractivity contribution >= 4 is 17.3 Å². The summed E-state index contributed by atoms with van der Waals surface area (Å²) in [5, 5.41) is 3.03. The molecule has 1 saturated heterocycles. The van der Waals surface area contributed by atoms with E-state index in [0.717, 1.165) is 12.3 Å². The van der Waals surface area contributed by atoms with Gasteiger partial charge in [0.15, 0.2) is 0 Å². The molecule has 1 aromatic heterocycles. The Morgan fingerprint density at radius 1 is 1.03 bits per heavy atom. The van der Waals surface area contributed by atoms with Gasteiger partial charge in [0.1, 0.15) is 11.6 Å². The highest BCUT2D eigenvalue weighted by molar-refractivity contribution is 5.82. The number of carbonyl (C=O) groups excluding carboxylic acids is 1. The second-order valence-electron chi connectivity index (χ2n) is 7.89. The van der Waals surface area contributed by atoms with Crippen molar-refractivity contribution < 1.29 is 13.6 Å². The fourth-order valence-electron chi connectivity index (χ4n) is 4.70. The Labute approximate surface area is 175 Å². The molecule has 0 aliphatic carbocycles. The number of para-hydroxylation sites is 2. The van der Waals surface area contributed by atoms with Crippen LogP contribution in [0.5, 0.6) is 0 Å². The molecule has 2 aliphatic rings. The standard InChI is InChI=1S/C24H24FN3O2/c25-20-8-2-4-10-22(20)27-11-12-28-21-9-3-1-6-17(21)14-19(23(28)16-27)24(29)26-15-18-7-5-13-30-18/h1-10,13,19,23H,11-12,14-16H2,(H,26,29)/t19-,23-/m1/s1. The van der Waals surface area contributed by atoms with Crippen molar-refractivity contribution in [1.82, 2.24) is 5.32 Å². The van der Waals surface area contributed by atoms with Crippen LogP contribution in [0.25, 0.3) is 0 Å². The van der Waals surface area contributed by atoms with E-state index in [2.05, 4.69) is 27.2 Å². The van der Waals surface area contributed by atoms with Gasteiger partial charge in [-0.2, -0.15) is 0 Å². The van der Waals surface area contributed by atoms with Crippen LogP contribution in [-0.4, -0.2) is 31.6 Å². The zero-order valence-electron chi connectivity index (χ0n) is 16.6. The Bertz CT molecular complexity index is 1040. The molecule has 154 valence electrons. The molecule has 0 bridgehead atoms. The van der Waals surface area contributed by atoms with Gasteiger partial charge in [-0.3, -0.25) is 4.79 Å². The summed E-state index contributed by atoms with van der Waals surface area (Å²) in [5.41, 5.74) is 2.97. The summed E-state index contributed by atoms with van der Waals surface area (Å²) in [4.78, 5) is 17.6. The molecule has 30 heavy (non-hydrogen) atoms. The fraction of sp³-hybridized carbons (Fsp3) is 0.292. The zero-order chi connectivity index (χ0) is 20.5. The van der Waals surface area contributed by atoms with Gasteiger partial charge in [-0.1, -0.05) is 30.3 Å². The minimum absolute atomic E-state index is 0.00582. The number of hydrogen-bond acceptors (Lipinski definition) is 4. The lowest BCUT2D eigenvalue weighted by molar-refractivity contribution is -0.126. The summed E-state index contributed by atoms with van der Waals surface area (Å²) in [6, 6.07) is 18.8. The first-order chi connectivity index (χ1) is 14.7. The maximum absolute atomic E-state index is 14.4. The zero-order valence-corrected chi connectivity index (χ0v) is 16.6. The Morgan fingerprint density at radius 2 is 1.83 bits per heavy atom. The summed E-state index contributed by atoms with van der Waals surface area (Å²) >= 11 is 0. The van der Waals surface area contributed by atoms with E-state index < -0.39 is 0 Å². The third kappa shape index (κ3) is 3.43. The van der Waals surface area contributed by atoms with Crippen molar-refractivity contribution in [1.29, 1.82) is 0 Å². The van der Waals surface area contributed by atoms with E-state index >= 15 is 0 Å². The molecule has 2 atom stereocenters. The van der Waals surface area contributed by atoms with Crippen molar-refractivity contribution in [3.05, 3.63) is 84.1 Å². The molecule has 0 saturated carbocycles. The number of nitrogens with one attached hydrogen (secondary N) is 1. The van der Waals surface area contributed by atoms with E-state index in [1.807, 2.05) is 36.4 Å². The van der Waals surface area contributed by atoms with Gasteiger partial charge in [0.05, 0.1) is 30.5 Å². The maximum atomic E-state index is 14.4. The quantitative estimate of drug-likeness (QED) is 0.721. The number of benzene rings is 2. The number of halogens is 1. The molecule has 2 aliphatic heterocycles. The first-order valence-electron chi connectivity index (χ1n) is 10.3. The molecule has 1 N–H and O–H groups in total. The molecule has 3 heterocycles. The molecule has 5 nitrogen and oxygen atoms in total. The van der Waals surface area contributed by atoms with Crippen LogP contribution in [0, 0.1) is 11.7 Å². The average molecular weight is 405 g/mol. The molecule has 1 amide bonds. The van der Waals surface area contributed by atoms with Crippen molar-refractivity contribution in [3.8, 4) is 0 Å². The molecular weight excluding hydrogens is 381 g/mol. The predicted molar refractivity (Wildman–Crippen MR) is 114 cm³/mol. The largest absolute Gasteiger partial charge is 0.467 e. The molecule has 5 rings (SSSR count). The second kappa shape index (κ2) is 7.86. The SMILES string of the molecule is O=C(NCc1ccco1)[C@@H]1Cc2ccccc2N2CCN(c3ccccc3F)C[C@H]12. The molecule has 0 radical (unpaired) electrons. The first-order valence-corrected chi connectivity index (χ1v) is 10.3. The molecule has 0 unspecified atom stereocenters. The van der Waals surface area contributed by atoms with Crippen LogP contribution >= 0.6 is 0 Å². The minimum atomic E-state index is -0.221. The highest BCUT2D eigenvalue weighted by atomic mass is 19.1. The van der Waals surface area contributed by atoms with Gasteiger partial charge in [-0.05, 0) is 42.3 Å². The number of furan rings is 1. The topological polar surface area (TPSA) is 48.7 Å². The average Bonchev–Trinajstić information content (AvgIpc) is 3.30. The monoisotopic (exact) mass is 405 g/mol. The fourth-order valence-corrected chi connectivity index (χ4v) is 4.70. The molecule has 6 heteroatoms. The number of piperazine rings is 1. The van der Waals surface area contributed by atoms with Gasteiger partial charge < -0.3 is 19.5 Å². The number of hydrogen-bond donors (Lipinski definition) is 1. The van der Waals surface area contributed by atoms with Crippen molar-refractivity contribution in [2.75, 3.05) is 29.4 Å². The second-order valence-corrected chi connectivity index (χ2v) is 7.89. The number of rotatable bonds is 4. The van der Waals surface area contributed by atoms with E-state index in [0.29, 0.717) is 31.7 Å². The van der Waals surface area contributed by atoms with Crippen molar-refractivity contribution in [2.45, 2.75) is 19.0 Å². The van der Waals surface area contributed by atoms with Crippen LogP contribution in [0.15, 0.2) is 71.3 Å². The summed E-state index contributed by atoms with van der Waals surface area (Å²) < 4.78 is 19.8.